The first-order chi connectivity index (χ1) is 12.0. The molecule has 25 heavy (non-hydrogen) atoms. The zero-order chi connectivity index (χ0) is 17.9. The second kappa shape index (κ2) is 7.85. The highest BCUT2D eigenvalue weighted by molar-refractivity contribution is 7.89. The minimum Gasteiger partial charge on any atom is -0.338 e. The number of nitrogens with one attached hydrogen (secondary N) is 1. The molecule has 1 aromatic carbocycles. The SMILES string of the molecule is NCC1CCCCN1C(=O)CCc1ccc(S(=O)(=O)NC2CC2)cc1. The van der Waals surface area contributed by atoms with Crippen LogP contribution in [-0.4, -0.2) is 44.4 Å². The zero-order valence-electron chi connectivity index (χ0n) is 14.5. The Bertz CT molecular complexity index is 699. The summed E-state index contributed by atoms with van der Waals surface area (Å²) in [6, 6.07) is 7.10. The summed E-state index contributed by atoms with van der Waals surface area (Å²) in [6.45, 7) is 1.32. The summed E-state index contributed by atoms with van der Waals surface area (Å²) in [7, 11) is -3.41. The summed E-state index contributed by atoms with van der Waals surface area (Å²) in [6.07, 6.45) is 6.05. The van der Waals surface area contributed by atoms with Gasteiger partial charge in [-0.05, 0) is 56.2 Å². The van der Waals surface area contributed by atoms with Crippen molar-refractivity contribution in [1.82, 2.24) is 9.62 Å². The predicted octanol–water partition coefficient (Wildman–Crippen LogP) is 1.40. The van der Waals surface area contributed by atoms with Gasteiger partial charge in [0.1, 0.15) is 0 Å². The molecule has 1 saturated carbocycles. The number of carbonyl (C=O) groups is 1. The fourth-order valence-corrected chi connectivity index (χ4v) is 4.60. The van der Waals surface area contributed by atoms with Gasteiger partial charge in [-0.1, -0.05) is 12.1 Å². The van der Waals surface area contributed by atoms with Crippen LogP contribution in [0.3, 0.4) is 0 Å². The molecule has 1 aromatic rings. The van der Waals surface area contributed by atoms with Crippen LogP contribution >= 0.6 is 0 Å². The molecule has 1 unspecified atom stereocenters. The van der Waals surface area contributed by atoms with Gasteiger partial charge in [0.15, 0.2) is 0 Å². The monoisotopic (exact) mass is 365 g/mol. The number of hydrogen-bond acceptors (Lipinski definition) is 4. The van der Waals surface area contributed by atoms with E-state index in [2.05, 4.69) is 4.72 Å². The molecule has 1 atom stereocenters. The van der Waals surface area contributed by atoms with Crippen LogP contribution in [0.5, 0.6) is 0 Å². The molecule has 1 heterocycles. The van der Waals surface area contributed by atoms with E-state index in [0.29, 0.717) is 19.4 Å². The fourth-order valence-electron chi connectivity index (χ4n) is 3.29. The lowest BCUT2D eigenvalue weighted by Gasteiger charge is -2.35. The van der Waals surface area contributed by atoms with Gasteiger partial charge in [0.2, 0.25) is 15.9 Å². The predicted molar refractivity (Wildman–Crippen MR) is 96.5 cm³/mol. The second-order valence-corrected chi connectivity index (χ2v) is 8.73. The lowest BCUT2D eigenvalue weighted by Crippen LogP contribution is -2.47. The number of carbonyl (C=O) groups excluding carboxylic acids is 1. The molecular weight excluding hydrogens is 338 g/mol. The van der Waals surface area contributed by atoms with E-state index in [-0.39, 0.29) is 22.9 Å². The number of nitrogens with zero attached hydrogens (tertiary/aromatic N) is 1. The van der Waals surface area contributed by atoms with E-state index in [1.165, 1.54) is 0 Å². The molecule has 6 nitrogen and oxygen atoms in total. The number of benzene rings is 1. The van der Waals surface area contributed by atoms with E-state index >= 15 is 0 Å². The van der Waals surface area contributed by atoms with E-state index in [9.17, 15) is 13.2 Å². The number of nitrogens with two attached hydrogens (primary N) is 1. The average Bonchev–Trinajstić information content (AvgIpc) is 3.43. The van der Waals surface area contributed by atoms with Gasteiger partial charge in [-0.2, -0.15) is 0 Å². The minimum absolute atomic E-state index is 0.0994. The van der Waals surface area contributed by atoms with E-state index < -0.39 is 10.0 Å². The third kappa shape index (κ3) is 4.80. The largest absolute Gasteiger partial charge is 0.338 e. The molecule has 1 saturated heterocycles. The number of aryl methyl sites for hydroxylation is 1. The van der Waals surface area contributed by atoms with Crippen molar-refractivity contribution in [2.45, 2.75) is 61.9 Å². The molecule has 0 bridgehead atoms. The second-order valence-electron chi connectivity index (χ2n) is 7.01. The number of likely N-dealkylation sites (tertiary alicyclic amines) is 1. The van der Waals surface area contributed by atoms with Crippen molar-refractivity contribution >= 4 is 15.9 Å². The van der Waals surface area contributed by atoms with Gasteiger partial charge in [-0.15, -0.1) is 0 Å². The van der Waals surface area contributed by atoms with Gasteiger partial charge >= 0.3 is 0 Å². The van der Waals surface area contributed by atoms with Crippen molar-refractivity contribution in [3.63, 3.8) is 0 Å². The maximum atomic E-state index is 12.5. The zero-order valence-corrected chi connectivity index (χ0v) is 15.3. The first-order valence-electron chi connectivity index (χ1n) is 9.10. The molecule has 1 aliphatic carbocycles. The Morgan fingerprint density at radius 3 is 2.52 bits per heavy atom. The highest BCUT2D eigenvalue weighted by Crippen LogP contribution is 2.22. The third-order valence-electron chi connectivity index (χ3n) is 4.98. The molecule has 2 fully saturated rings. The summed E-state index contributed by atoms with van der Waals surface area (Å²) in [5.41, 5.74) is 6.75. The van der Waals surface area contributed by atoms with Crippen molar-refractivity contribution < 1.29 is 13.2 Å². The number of amides is 1. The molecule has 2 aliphatic rings. The number of sulfonamides is 1. The summed E-state index contributed by atoms with van der Waals surface area (Å²) in [5, 5.41) is 0. The van der Waals surface area contributed by atoms with E-state index in [1.54, 1.807) is 24.3 Å². The number of hydrogen-bond donors (Lipinski definition) is 2. The summed E-state index contributed by atoms with van der Waals surface area (Å²) >= 11 is 0. The Balaban J connectivity index is 1.55. The van der Waals surface area contributed by atoms with Gasteiger partial charge in [0, 0.05) is 31.6 Å². The highest BCUT2D eigenvalue weighted by atomic mass is 32.2. The highest BCUT2D eigenvalue weighted by Gasteiger charge is 2.28. The van der Waals surface area contributed by atoms with Crippen LogP contribution in [0.4, 0.5) is 0 Å². The minimum atomic E-state index is -3.41. The first-order valence-corrected chi connectivity index (χ1v) is 10.6. The van der Waals surface area contributed by atoms with E-state index in [4.69, 9.17) is 5.73 Å². The molecule has 3 rings (SSSR count). The Kier molecular flexibility index (Phi) is 5.76. The number of piperidine rings is 1. The fraction of sp³-hybridized carbons (Fsp3) is 0.611. The normalized spacial score (nSPS) is 21.3. The van der Waals surface area contributed by atoms with Crippen molar-refractivity contribution in [1.29, 1.82) is 0 Å². The topological polar surface area (TPSA) is 92.5 Å². The standard InChI is InChI=1S/C18H27N3O3S/c19-13-16-3-1-2-12-21(16)18(22)11-6-14-4-9-17(10-5-14)25(23,24)20-15-7-8-15/h4-5,9-10,15-16,20H,1-3,6-8,11-13,19H2. The van der Waals surface area contributed by atoms with Crippen LogP contribution in [0.2, 0.25) is 0 Å². The Morgan fingerprint density at radius 1 is 1.16 bits per heavy atom. The molecule has 1 aliphatic heterocycles. The van der Waals surface area contributed by atoms with Crippen LogP contribution in [0.25, 0.3) is 0 Å². The molecule has 138 valence electrons. The number of rotatable bonds is 7. The smallest absolute Gasteiger partial charge is 0.240 e. The average molecular weight is 365 g/mol. The van der Waals surface area contributed by atoms with Crippen molar-refractivity contribution in [3.05, 3.63) is 29.8 Å². The first kappa shape index (κ1) is 18.4. The van der Waals surface area contributed by atoms with E-state index in [1.807, 2.05) is 4.90 Å². The van der Waals surface area contributed by atoms with Crippen LogP contribution < -0.4 is 10.5 Å². The van der Waals surface area contributed by atoms with Crippen molar-refractivity contribution in [3.8, 4) is 0 Å². The van der Waals surface area contributed by atoms with Gasteiger partial charge in [0.05, 0.1) is 4.90 Å². The molecule has 0 spiro atoms. The molecule has 0 aromatic heterocycles. The lowest BCUT2D eigenvalue weighted by atomic mass is 10.0. The molecule has 1 amide bonds. The Hall–Kier alpha value is -1.44. The third-order valence-corrected chi connectivity index (χ3v) is 6.52. The summed E-state index contributed by atoms with van der Waals surface area (Å²) in [5.74, 6) is 0.141. The summed E-state index contributed by atoms with van der Waals surface area (Å²) < 4.78 is 27.0. The van der Waals surface area contributed by atoms with Crippen LogP contribution in [0, 0.1) is 0 Å². The summed E-state index contributed by atoms with van der Waals surface area (Å²) in [4.78, 5) is 14.7. The van der Waals surface area contributed by atoms with Crippen LogP contribution in [0.1, 0.15) is 44.1 Å². The molecule has 3 N–H and O–H groups in total. The maximum Gasteiger partial charge on any atom is 0.240 e. The van der Waals surface area contributed by atoms with Gasteiger partial charge in [-0.3, -0.25) is 4.79 Å². The van der Waals surface area contributed by atoms with Gasteiger partial charge < -0.3 is 10.6 Å². The Labute approximate surface area is 149 Å². The van der Waals surface area contributed by atoms with E-state index in [0.717, 1.165) is 44.2 Å². The van der Waals surface area contributed by atoms with Crippen molar-refractivity contribution in [2.75, 3.05) is 13.1 Å². The van der Waals surface area contributed by atoms with Gasteiger partial charge in [0.25, 0.3) is 0 Å². The van der Waals surface area contributed by atoms with Crippen LogP contribution in [0.15, 0.2) is 29.2 Å². The lowest BCUT2D eigenvalue weighted by molar-refractivity contribution is -0.134. The maximum absolute atomic E-state index is 12.5. The van der Waals surface area contributed by atoms with Gasteiger partial charge in [-0.25, -0.2) is 13.1 Å². The molecule has 0 radical (unpaired) electrons. The van der Waals surface area contributed by atoms with Crippen molar-refractivity contribution in [2.24, 2.45) is 5.73 Å². The quantitative estimate of drug-likeness (QED) is 0.764. The van der Waals surface area contributed by atoms with Crippen LogP contribution in [-0.2, 0) is 21.2 Å². The Morgan fingerprint density at radius 2 is 1.88 bits per heavy atom. The molecular formula is C18H27N3O3S. The molecule has 7 heteroatoms.